The summed E-state index contributed by atoms with van der Waals surface area (Å²) in [5, 5.41) is 0. The van der Waals surface area contributed by atoms with Crippen molar-refractivity contribution in [1.29, 1.82) is 0 Å². The molecule has 0 bridgehead atoms. The molecule has 5 nitrogen and oxygen atoms in total. The SMILES string of the molecule is CC(=O)N1CCCC1C1CCCN1Cc1cccc2c1OCCO2. The van der Waals surface area contributed by atoms with Crippen LogP contribution in [-0.2, 0) is 11.3 Å². The highest BCUT2D eigenvalue weighted by Gasteiger charge is 2.39. The minimum atomic E-state index is 0.221. The van der Waals surface area contributed by atoms with Crippen molar-refractivity contribution in [1.82, 2.24) is 9.80 Å². The first kappa shape index (κ1) is 15.8. The Labute approximate surface area is 143 Å². The normalized spacial score (nSPS) is 26.8. The number of amides is 1. The lowest BCUT2D eigenvalue weighted by Gasteiger charge is -2.35. The second-order valence-corrected chi connectivity index (χ2v) is 7.04. The van der Waals surface area contributed by atoms with Gasteiger partial charge in [-0.15, -0.1) is 0 Å². The monoisotopic (exact) mass is 330 g/mol. The molecule has 1 aromatic carbocycles. The lowest BCUT2D eigenvalue weighted by Crippen LogP contribution is -2.47. The van der Waals surface area contributed by atoms with Crippen LogP contribution in [0.15, 0.2) is 18.2 Å². The van der Waals surface area contributed by atoms with E-state index >= 15 is 0 Å². The number of nitrogens with zero attached hydrogens (tertiary/aromatic N) is 2. The largest absolute Gasteiger partial charge is 0.486 e. The van der Waals surface area contributed by atoms with E-state index in [1.807, 2.05) is 12.1 Å². The maximum atomic E-state index is 11.9. The van der Waals surface area contributed by atoms with Crippen molar-refractivity contribution in [3.05, 3.63) is 23.8 Å². The zero-order chi connectivity index (χ0) is 16.5. The van der Waals surface area contributed by atoms with Crippen LogP contribution in [0.2, 0.25) is 0 Å². The number of carbonyl (C=O) groups is 1. The van der Waals surface area contributed by atoms with E-state index in [2.05, 4.69) is 15.9 Å². The molecule has 130 valence electrons. The van der Waals surface area contributed by atoms with Crippen molar-refractivity contribution in [2.24, 2.45) is 0 Å². The fourth-order valence-electron chi connectivity index (χ4n) is 4.54. The molecule has 2 atom stereocenters. The molecule has 3 aliphatic rings. The highest BCUT2D eigenvalue weighted by atomic mass is 16.6. The zero-order valence-corrected chi connectivity index (χ0v) is 14.4. The van der Waals surface area contributed by atoms with Crippen molar-refractivity contribution < 1.29 is 14.3 Å². The number of fused-ring (bicyclic) bond motifs is 1. The second-order valence-electron chi connectivity index (χ2n) is 7.04. The number of likely N-dealkylation sites (tertiary alicyclic amines) is 2. The van der Waals surface area contributed by atoms with Gasteiger partial charge in [-0.25, -0.2) is 0 Å². The Hall–Kier alpha value is -1.75. The van der Waals surface area contributed by atoms with Gasteiger partial charge in [-0.1, -0.05) is 12.1 Å². The van der Waals surface area contributed by atoms with E-state index in [0.29, 0.717) is 25.3 Å². The molecule has 1 amide bonds. The summed E-state index contributed by atoms with van der Waals surface area (Å²) in [5.41, 5.74) is 1.20. The zero-order valence-electron chi connectivity index (χ0n) is 14.4. The number of hydrogen-bond acceptors (Lipinski definition) is 4. The van der Waals surface area contributed by atoms with Gasteiger partial charge in [-0.05, 0) is 38.3 Å². The number of benzene rings is 1. The molecule has 2 saturated heterocycles. The molecule has 0 radical (unpaired) electrons. The first-order valence-electron chi connectivity index (χ1n) is 9.13. The smallest absolute Gasteiger partial charge is 0.219 e. The molecule has 2 fully saturated rings. The third-order valence-electron chi connectivity index (χ3n) is 5.58. The average Bonchev–Trinajstić information content (AvgIpc) is 3.23. The number of rotatable bonds is 3. The van der Waals surface area contributed by atoms with Crippen LogP contribution in [0.25, 0.3) is 0 Å². The molecule has 3 heterocycles. The van der Waals surface area contributed by atoms with Gasteiger partial charge in [-0.2, -0.15) is 0 Å². The topological polar surface area (TPSA) is 42.0 Å². The molecule has 1 aromatic rings. The Balaban J connectivity index is 1.53. The standard InChI is InChI=1S/C19H26N2O3/c1-14(22)21-10-4-7-17(21)16-6-3-9-20(16)13-15-5-2-8-18-19(15)24-12-11-23-18/h2,5,8,16-17H,3-4,6-7,9-13H2,1H3. The van der Waals surface area contributed by atoms with Crippen LogP contribution in [0.5, 0.6) is 11.5 Å². The van der Waals surface area contributed by atoms with Crippen LogP contribution in [-0.4, -0.2) is 54.1 Å². The van der Waals surface area contributed by atoms with Crippen LogP contribution >= 0.6 is 0 Å². The summed E-state index contributed by atoms with van der Waals surface area (Å²) in [4.78, 5) is 16.6. The number of ether oxygens (including phenoxy) is 2. The van der Waals surface area contributed by atoms with Gasteiger partial charge in [0, 0.05) is 37.7 Å². The van der Waals surface area contributed by atoms with Gasteiger partial charge in [0.15, 0.2) is 11.5 Å². The molecule has 2 unspecified atom stereocenters. The van der Waals surface area contributed by atoms with Crippen molar-refractivity contribution in [2.75, 3.05) is 26.3 Å². The lowest BCUT2D eigenvalue weighted by molar-refractivity contribution is -0.130. The predicted molar refractivity (Wildman–Crippen MR) is 91.3 cm³/mol. The van der Waals surface area contributed by atoms with Gasteiger partial charge < -0.3 is 14.4 Å². The Bertz CT molecular complexity index is 619. The summed E-state index contributed by atoms with van der Waals surface area (Å²) < 4.78 is 11.6. The van der Waals surface area contributed by atoms with Crippen LogP contribution < -0.4 is 9.47 Å². The van der Waals surface area contributed by atoms with Crippen LogP contribution in [0, 0.1) is 0 Å². The molecular weight excluding hydrogens is 304 g/mol. The van der Waals surface area contributed by atoms with Crippen LogP contribution in [0.1, 0.15) is 38.2 Å². The van der Waals surface area contributed by atoms with E-state index in [1.54, 1.807) is 6.92 Å². The molecule has 3 aliphatic heterocycles. The molecule has 0 spiro atoms. The summed E-state index contributed by atoms with van der Waals surface area (Å²) in [6.07, 6.45) is 4.65. The first-order chi connectivity index (χ1) is 11.7. The van der Waals surface area contributed by atoms with Gasteiger partial charge in [0.25, 0.3) is 0 Å². The number of hydrogen-bond donors (Lipinski definition) is 0. The van der Waals surface area contributed by atoms with E-state index in [1.165, 1.54) is 18.4 Å². The molecule has 0 saturated carbocycles. The van der Waals surface area contributed by atoms with Crippen LogP contribution in [0.3, 0.4) is 0 Å². The Morgan fingerprint density at radius 2 is 1.92 bits per heavy atom. The van der Waals surface area contributed by atoms with Crippen molar-refractivity contribution in [2.45, 2.75) is 51.2 Å². The minimum Gasteiger partial charge on any atom is -0.486 e. The van der Waals surface area contributed by atoms with E-state index in [-0.39, 0.29) is 5.91 Å². The second kappa shape index (κ2) is 6.63. The van der Waals surface area contributed by atoms with E-state index in [4.69, 9.17) is 9.47 Å². The minimum absolute atomic E-state index is 0.221. The molecular formula is C19H26N2O3. The van der Waals surface area contributed by atoms with E-state index in [0.717, 1.165) is 44.0 Å². The van der Waals surface area contributed by atoms with Crippen molar-refractivity contribution >= 4 is 5.91 Å². The third kappa shape index (κ3) is 2.86. The molecule has 5 heteroatoms. The predicted octanol–water partition coefficient (Wildman–Crippen LogP) is 2.43. The Morgan fingerprint density at radius 1 is 1.12 bits per heavy atom. The maximum absolute atomic E-state index is 11.9. The summed E-state index contributed by atoms with van der Waals surface area (Å²) in [5.74, 6) is 1.99. The van der Waals surface area contributed by atoms with Crippen LogP contribution in [0.4, 0.5) is 0 Å². The first-order valence-corrected chi connectivity index (χ1v) is 9.13. The Kier molecular flexibility index (Phi) is 4.35. The summed E-state index contributed by atoms with van der Waals surface area (Å²) in [6, 6.07) is 7.01. The van der Waals surface area contributed by atoms with Gasteiger partial charge >= 0.3 is 0 Å². The Morgan fingerprint density at radius 3 is 2.79 bits per heavy atom. The van der Waals surface area contributed by atoms with E-state index in [9.17, 15) is 4.79 Å². The lowest BCUT2D eigenvalue weighted by atomic mass is 10.0. The van der Waals surface area contributed by atoms with Crippen molar-refractivity contribution in [3.8, 4) is 11.5 Å². The van der Waals surface area contributed by atoms with Crippen molar-refractivity contribution in [3.63, 3.8) is 0 Å². The van der Waals surface area contributed by atoms with Gasteiger partial charge in [0.1, 0.15) is 13.2 Å². The van der Waals surface area contributed by atoms with Gasteiger partial charge in [-0.3, -0.25) is 9.69 Å². The highest BCUT2D eigenvalue weighted by Crippen LogP contribution is 2.37. The molecule has 24 heavy (non-hydrogen) atoms. The summed E-state index contributed by atoms with van der Waals surface area (Å²) in [7, 11) is 0. The molecule has 4 rings (SSSR count). The quantitative estimate of drug-likeness (QED) is 0.854. The fourth-order valence-corrected chi connectivity index (χ4v) is 4.54. The molecule has 0 aromatic heterocycles. The number of para-hydroxylation sites is 1. The highest BCUT2D eigenvalue weighted by molar-refractivity contribution is 5.74. The molecule has 0 aliphatic carbocycles. The van der Waals surface area contributed by atoms with Gasteiger partial charge in [0.05, 0.1) is 0 Å². The molecule has 0 N–H and O–H groups in total. The summed E-state index contributed by atoms with van der Waals surface area (Å²) in [6.45, 7) is 5.84. The fraction of sp³-hybridized carbons (Fsp3) is 0.632. The summed E-state index contributed by atoms with van der Waals surface area (Å²) >= 11 is 0. The number of carbonyl (C=O) groups excluding carboxylic acids is 1. The van der Waals surface area contributed by atoms with E-state index < -0.39 is 0 Å². The maximum Gasteiger partial charge on any atom is 0.219 e. The average molecular weight is 330 g/mol. The third-order valence-corrected chi connectivity index (χ3v) is 5.58. The van der Waals surface area contributed by atoms with Gasteiger partial charge in [0.2, 0.25) is 5.91 Å².